The zero-order valence-corrected chi connectivity index (χ0v) is 17.8. The van der Waals surface area contributed by atoms with Gasteiger partial charge in [-0.15, -0.1) is 0 Å². The van der Waals surface area contributed by atoms with Crippen LogP contribution in [0.25, 0.3) is 33.6 Å². The van der Waals surface area contributed by atoms with Gasteiger partial charge >= 0.3 is 0 Å². The van der Waals surface area contributed by atoms with Crippen molar-refractivity contribution in [1.29, 1.82) is 0 Å². The number of rotatable bonds is 5. The van der Waals surface area contributed by atoms with Gasteiger partial charge in [0.1, 0.15) is 0 Å². The number of methoxy groups -OCH3 is 1. The molecule has 0 radical (unpaired) electrons. The minimum absolute atomic E-state index is 0.227. The van der Waals surface area contributed by atoms with E-state index in [-0.39, 0.29) is 5.92 Å². The van der Waals surface area contributed by atoms with Crippen LogP contribution in [0.4, 0.5) is 0 Å². The quantitative estimate of drug-likeness (QED) is 0.477. The Morgan fingerprint density at radius 3 is 2.84 bits per heavy atom. The highest BCUT2D eigenvalue weighted by atomic mass is 16.5. The topological polar surface area (TPSA) is 76.8 Å². The first-order chi connectivity index (χ1) is 15.1. The number of H-pyrrole nitrogens is 1. The maximum atomic E-state index is 5.66. The monoisotopic (exact) mass is 412 g/mol. The van der Waals surface area contributed by atoms with Crippen LogP contribution in [0.5, 0.6) is 0 Å². The molecule has 0 amide bonds. The first-order valence-electron chi connectivity index (χ1n) is 10.4. The maximum absolute atomic E-state index is 5.66. The number of aromatic nitrogens is 4. The van der Waals surface area contributed by atoms with Crippen LogP contribution < -0.4 is 0 Å². The molecule has 5 rings (SSSR count). The second-order valence-corrected chi connectivity index (χ2v) is 8.00. The van der Waals surface area contributed by atoms with Crippen LogP contribution in [0.15, 0.2) is 59.4 Å². The van der Waals surface area contributed by atoms with Crippen molar-refractivity contribution in [3.63, 3.8) is 0 Å². The van der Waals surface area contributed by atoms with Gasteiger partial charge in [0.25, 0.3) is 5.89 Å². The molecular weight excluding hydrogens is 388 g/mol. The fourth-order valence-electron chi connectivity index (χ4n) is 4.31. The molecule has 0 aliphatic heterocycles. The van der Waals surface area contributed by atoms with E-state index in [1.165, 1.54) is 16.7 Å². The molecule has 6 heteroatoms. The highest BCUT2D eigenvalue weighted by molar-refractivity contribution is 5.83. The molecule has 156 valence electrons. The summed E-state index contributed by atoms with van der Waals surface area (Å²) in [6.45, 7) is 4.81. The molecule has 6 nitrogen and oxygen atoms in total. The summed E-state index contributed by atoms with van der Waals surface area (Å²) in [5, 5.41) is 4.24. The summed E-state index contributed by atoms with van der Waals surface area (Å²) < 4.78 is 11.2. The normalized spacial score (nSPS) is 16.4. The van der Waals surface area contributed by atoms with Crippen molar-refractivity contribution in [3.8, 4) is 11.4 Å². The smallest absolute Gasteiger partial charge is 0.254 e. The summed E-state index contributed by atoms with van der Waals surface area (Å²) in [6, 6.07) is 12.5. The van der Waals surface area contributed by atoms with Crippen LogP contribution in [-0.2, 0) is 4.74 Å². The average molecular weight is 412 g/mol. The summed E-state index contributed by atoms with van der Waals surface area (Å²) in [6.07, 6.45) is 6.74. The van der Waals surface area contributed by atoms with Gasteiger partial charge in [0, 0.05) is 24.2 Å². The Balaban J connectivity index is 1.49. The second kappa shape index (κ2) is 7.96. The number of imidazole rings is 1. The zero-order chi connectivity index (χ0) is 21.4. The molecule has 4 aromatic rings. The van der Waals surface area contributed by atoms with Crippen LogP contribution in [0.1, 0.15) is 29.0 Å². The predicted octanol–water partition coefficient (Wildman–Crippen LogP) is 5.36. The lowest BCUT2D eigenvalue weighted by Gasteiger charge is -2.24. The highest BCUT2D eigenvalue weighted by Crippen LogP contribution is 2.37. The SMILES string of the molecule is COCC1CC(c2nc(-c3cc(C)c4nc[nH]c4c3)no2)=CC=C1c1ccccc1C. The fraction of sp³-hybridized carbons (Fsp3) is 0.240. The number of nitrogens with one attached hydrogen (secondary N) is 1. The third-order valence-electron chi connectivity index (χ3n) is 5.87. The molecule has 2 heterocycles. The number of benzene rings is 2. The van der Waals surface area contributed by atoms with Crippen LogP contribution in [-0.4, -0.2) is 33.8 Å². The van der Waals surface area contributed by atoms with Gasteiger partial charge in [0.15, 0.2) is 0 Å². The minimum atomic E-state index is 0.227. The van der Waals surface area contributed by atoms with Crippen molar-refractivity contribution in [2.45, 2.75) is 20.3 Å². The van der Waals surface area contributed by atoms with Gasteiger partial charge < -0.3 is 14.2 Å². The molecule has 0 bridgehead atoms. The number of ether oxygens (including phenoxy) is 1. The Morgan fingerprint density at radius 2 is 2.00 bits per heavy atom. The van der Waals surface area contributed by atoms with Crippen molar-refractivity contribution in [2.24, 2.45) is 5.92 Å². The first-order valence-corrected chi connectivity index (χ1v) is 10.4. The number of nitrogens with zero attached hydrogens (tertiary/aromatic N) is 3. The second-order valence-electron chi connectivity index (χ2n) is 8.00. The van der Waals surface area contributed by atoms with E-state index in [1.807, 2.05) is 19.1 Å². The van der Waals surface area contributed by atoms with Crippen LogP contribution in [0.2, 0.25) is 0 Å². The van der Waals surface area contributed by atoms with Gasteiger partial charge in [0.2, 0.25) is 5.82 Å². The Labute approximate surface area is 180 Å². The standard InChI is InChI=1S/C25H24N4O2/c1-15-6-4-5-7-20(15)21-9-8-17(11-19(21)13-30-3)25-28-24(29-31-25)18-10-16(2)23-22(12-18)26-14-27-23/h4-10,12,14,19H,11,13H2,1-3H3,(H,26,27). The number of hydrogen-bond acceptors (Lipinski definition) is 5. The molecule has 1 atom stereocenters. The van der Waals surface area contributed by atoms with E-state index in [9.17, 15) is 0 Å². The Morgan fingerprint density at radius 1 is 1.13 bits per heavy atom. The highest BCUT2D eigenvalue weighted by Gasteiger charge is 2.25. The molecule has 0 spiro atoms. The molecule has 0 saturated carbocycles. The van der Waals surface area contributed by atoms with Gasteiger partial charge in [-0.05, 0) is 54.7 Å². The van der Waals surface area contributed by atoms with Gasteiger partial charge in [-0.25, -0.2) is 4.98 Å². The van der Waals surface area contributed by atoms with Crippen LogP contribution in [0.3, 0.4) is 0 Å². The lowest BCUT2D eigenvalue weighted by Crippen LogP contribution is -2.14. The minimum Gasteiger partial charge on any atom is -0.384 e. The molecule has 2 aromatic heterocycles. The van der Waals surface area contributed by atoms with E-state index < -0.39 is 0 Å². The molecule has 1 aliphatic carbocycles. The van der Waals surface area contributed by atoms with E-state index in [2.05, 4.69) is 58.5 Å². The van der Waals surface area contributed by atoms with Crippen molar-refractivity contribution in [1.82, 2.24) is 20.1 Å². The Bertz CT molecular complexity index is 1310. The van der Waals surface area contributed by atoms with Crippen LogP contribution >= 0.6 is 0 Å². The largest absolute Gasteiger partial charge is 0.384 e. The number of hydrogen-bond donors (Lipinski definition) is 1. The third kappa shape index (κ3) is 3.59. The molecule has 2 aromatic carbocycles. The molecule has 0 fully saturated rings. The average Bonchev–Trinajstić information content (AvgIpc) is 3.45. The number of fused-ring (bicyclic) bond motifs is 1. The summed E-state index contributed by atoms with van der Waals surface area (Å²) in [7, 11) is 1.74. The predicted molar refractivity (Wildman–Crippen MR) is 121 cm³/mol. The molecule has 0 saturated heterocycles. The van der Waals surface area contributed by atoms with Gasteiger partial charge in [-0.1, -0.05) is 41.6 Å². The molecule has 31 heavy (non-hydrogen) atoms. The number of aryl methyl sites for hydroxylation is 2. The molecule has 1 unspecified atom stereocenters. The van der Waals surface area contributed by atoms with Crippen molar-refractivity contribution < 1.29 is 9.26 Å². The lowest BCUT2D eigenvalue weighted by molar-refractivity contribution is 0.174. The summed E-state index contributed by atoms with van der Waals surface area (Å²) >= 11 is 0. The lowest BCUT2D eigenvalue weighted by atomic mass is 9.82. The van der Waals surface area contributed by atoms with Crippen molar-refractivity contribution >= 4 is 22.2 Å². The maximum Gasteiger partial charge on any atom is 0.254 e. The van der Waals surface area contributed by atoms with Crippen LogP contribution in [0, 0.1) is 19.8 Å². The third-order valence-corrected chi connectivity index (χ3v) is 5.87. The molecule has 1 aliphatic rings. The summed E-state index contributed by atoms with van der Waals surface area (Å²) in [5.41, 5.74) is 8.73. The van der Waals surface area contributed by atoms with E-state index in [0.29, 0.717) is 18.3 Å². The van der Waals surface area contributed by atoms with Gasteiger partial charge in [0.05, 0.1) is 24.0 Å². The molecule has 1 N–H and O–H groups in total. The number of allylic oxidation sites excluding steroid dienone is 3. The fourth-order valence-corrected chi connectivity index (χ4v) is 4.31. The first kappa shape index (κ1) is 19.5. The van der Waals surface area contributed by atoms with E-state index in [1.54, 1.807) is 13.4 Å². The Hall–Kier alpha value is -3.51. The molecular formula is C25H24N4O2. The van der Waals surface area contributed by atoms with Gasteiger partial charge in [-0.2, -0.15) is 4.98 Å². The Kier molecular flexibility index (Phi) is 5.00. The summed E-state index contributed by atoms with van der Waals surface area (Å²) in [4.78, 5) is 12.2. The van der Waals surface area contributed by atoms with E-state index in [4.69, 9.17) is 14.2 Å². The zero-order valence-electron chi connectivity index (χ0n) is 17.8. The van der Waals surface area contributed by atoms with E-state index in [0.717, 1.165) is 34.2 Å². The van der Waals surface area contributed by atoms with Gasteiger partial charge in [-0.3, -0.25) is 0 Å². The number of aromatic amines is 1. The van der Waals surface area contributed by atoms with Crippen molar-refractivity contribution in [3.05, 3.63) is 77.5 Å². The van der Waals surface area contributed by atoms with Crippen molar-refractivity contribution in [2.75, 3.05) is 13.7 Å². The van der Waals surface area contributed by atoms with E-state index >= 15 is 0 Å². The summed E-state index contributed by atoms with van der Waals surface area (Å²) in [5.74, 6) is 1.36.